The Bertz CT molecular complexity index is 875. The molecule has 0 aliphatic rings. The van der Waals surface area contributed by atoms with Gasteiger partial charge in [-0.1, -0.05) is 34.4 Å². The lowest BCUT2D eigenvalue weighted by atomic mass is 10.1. The molecule has 0 spiro atoms. The molecule has 0 amide bonds. The van der Waals surface area contributed by atoms with E-state index in [0.717, 1.165) is 26.7 Å². The second-order valence-electron chi connectivity index (χ2n) is 3.97. The van der Waals surface area contributed by atoms with Crippen LogP contribution < -0.4 is 11.1 Å². The first kappa shape index (κ1) is 11.7. The van der Waals surface area contributed by atoms with Crippen molar-refractivity contribution in [2.24, 2.45) is 0 Å². The number of H-pyrrole nitrogens is 1. The Labute approximate surface area is 114 Å². The van der Waals surface area contributed by atoms with Gasteiger partial charge in [0.25, 0.3) is 11.1 Å². The maximum Gasteiger partial charge on any atom is 0.271 e. The smallest absolute Gasteiger partial charge is 0.271 e. The Balaban J connectivity index is 2.72. The highest BCUT2D eigenvalue weighted by Crippen LogP contribution is 2.24. The van der Waals surface area contributed by atoms with Crippen LogP contribution in [-0.4, -0.2) is 8.77 Å². The van der Waals surface area contributed by atoms with Crippen LogP contribution in [-0.2, 0) is 6.42 Å². The predicted octanol–water partition coefficient (Wildman–Crippen LogP) is 2.53. The molecule has 3 rings (SSSR count). The van der Waals surface area contributed by atoms with Gasteiger partial charge >= 0.3 is 0 Å². The number of aryl methyl sites for hydroxylation is 1. The van der Waals surface area contributed by atoms with Gasteiger partial charge in [0.2, 0.25) is 0 Å². The fraction of sp³-hybridized carbons (Fsp3) is 0.167. The molecule has 0 bridgehead atoms. The van der Waals surface area contributed by atoms with E-state index in [-0.39, 0.29) is 16.5 Å². The number of rotatable bonds is 1. The van der Waals surface area contributed by atoms with Crippen LogP contribution in [0.1, 0.15) is 12.5 Å². The molecule has 6 heteroatoms. The molecule has 0 fully saturated rings. The second kappa shape index (κ2) is 4.07. The molecule has 3 aromatic rings. The van der Waals surface area contributed by atoms with Crippen molar-refractivity contribution in [1.82, 2.24) is 8.77 Å². The minimum absolute atomic E-state index is 0.257. The average molecular weight is 325 g/mol. The molecule has 1 N–H and O–H groups in total. The summed E-state index contributed by atoms with van der Waals surface area (Å²) < 4.78 is 5.86. The Morgan fingerprint density at radius 2 is 2.22 bits per heavy atom. The number of nitrogens with zero attached hydrogens (tertiary/aromatic N) is 1. The van der Waals surface area contributed by atoms with E-state index in [1.807, 2.05) is 13.0 Å². The molecule has 0 aliphatic carbocycles. The molecule has 0 saturated carbocycles. The minimum atomic E-state index is -0.299. The second-order valence-corrected chi connectivity index (χ2v) is 5.71. The van der Waals surface area contributed by atoms with E-state index >= 15 is 0 Å². The van der Waals surface area contributed by atoms with Crippen LogP contribution in [0.15, 0.2) is 32.4 Å². The molecule has 0 aromatic carbocycles. The molecular formula is C12H9BrN2O2S. The van der Waals surface area contributed by atoms with E-state index in [4.69, 9.17) is 0 Å². The summed E-state index contributed by atoms with van der Waals surface area (Å²) in [5.41, 5.74) is 1.31. The molecule has 18 heavy (non-hydrogen) atoms. The van der Waals surface area contributed by atoms with E-state index in [2.05, 4.69) is 20.3 Å². The first-order valence-electron chi connectivity index (χ1n) is 5.47. The van der Waals surface area contributed by atoms with Gasteiger partial charge in [-0.25, -0.2) is 0 Å². The summed E-state index contributed by atoms with van der Waals surface area (Å²) >= 11 is 4.64. The van der Waals surface area contributed by atoms with Crippen molar-refractivity contribution in [1.29, 1.82) is 0 Å². The van der Waals surface area contributed by atoms with E-state index in [0.29, 0.717) is 0 Å². The third-order valence-corrected chi connectivity index (χ3v) is 4.42. The molecule has 3 aromatic heterocycles. The summed E-state index contributed by atoms with van der Waals surface area (Å²) in [5.74, 6) is 0. The predicted molar refractivity (Wildman–Crippen MR) is 76.7 cm³/mol. The lowest BCUT2D eigenvalue weighted by molar-refractivity contribution is 1.07. The summed E-state index contributed by atoms with van der Waals surface area (Å²) in [6.07, 6.45) is 2.46. The molecule has 92 valence electrons. The first-order valence-corrected chi connectivity index (χ1v) is 7.08. The van der Waals surface area contributed by atoms with Crippen molar-refractivity contribution in [2.75, 3.05) is 0 Å². The number of pyridine rings is 2. The van der Waals surface area contributed by atoms with Crippen molar-refractivity contribution in [3.63, 3.8) is 0 Å². The number of hydrogen-bond donors (Lipinski definition) is 1. The van der Waals surface area contributed by atoms with Crippen molar-refractivity contribution in [2.45, 2.75) is 13.3 Å². The van der Waals surface area contributed by atoms with Gasteiger partial charge in [-0.05, 0) is 24.1 Å². The Kier molecular flexibility index (Phi) is 2.64. The molecular weight excluding hydrogens is 316 g/mol. The van der Waals surface area contributed by atoms with Gasteiger partial charge < -0.3 is 0 Å². The van der Waals surface area contributed by atoms with E-state index in [1.165, 1.54) is 15.9 Å². The highest BCUT2D eigenvalue weighted by molar-refractivity contribution is 9.10. The average Bonchev–Trinajstić information content (AvgIpc) is 2.72. The molecule has 3 heterocycles. The van der Waals surface area contributed by atoms with Gasteiger partial charge in [-0.3, -0.25) is 18.4 Å². The lowest BCUT2D eigenvalue weighted by Gasteiger charge is -2.07. The van der Waals surface area contributed by atoms with Gasteiger partial charge in [0.05, 0.1) is 10.2 Å². The van der Waals surface area contributed by atoms with Crippen molar-refractivity contribution >= 4 is 43.1 Å². The number of aromatic nitrogens is 2. The maximum absolute atomic E-state index is 12.3. The van der Waals surface area contributed by atoms with Crippen LogP contribution in [0.3, 0.4) is 0 Å². The van der Waals surface area contributed by atoms with Gasteiger partial charge in [0.1, 0.15) is 5.39 Å². The summed E-state index contributed by atoms with van der Waals surface area (Å²) in [6.45, 7) is 2.02. The number of hydrogen-bond acceptors (Lipinski definition) is 3. The van der Waals surface area contributed by atoms with Gasteiger partial charge in [-0.2, -0.15) is 0 Å². The third-order valence-electron chi connectivity index (χ3n) is 2.99. The van der Waals surface area contributed by atoms with Crippen LogP contribution in [0, 0.1) is 0 Å². The topological polar surface area (TPSA) is 54.3 Å². The largest absolute Gasteiger partial charge is 0.283 e. The molecule has 0 atom stereocenters. The van der Waals surface area contributed by atoms with Crippen LogP contribution in [0.5, 0.6) is 0 Å². The normalized spacial score (nSPS) is 11.4. The van der Waals surface area contributed by atoms with Crippen LogP contribution in [0.25, 0.3) is 15.6 Å². The van der Waals surface area contributed by atoms with Gasteiger partial charge in [0, 0.05) is 10.7 Å². The number of nitrogens with one attached hydrogen (secondary N) is 1. The monoisotopic (exact) mass is 324 g/mol. The highest BCUT2D eigenvalue weighted by Gasteiger charge is 2.15. The summed E-state index contributed by atoms with van der Waals surface area (Å²) in [5, 5.41) is 0.261. The Morgan fingerprint density at radius 1 is 1.44 bits per heavy atom. The fourth-order valence-corrected chi connectivity index (χ4v) is 3.46. The molecule has 4 nitrogen and oxygen atoms in total. The molecule has 0 unspecified atom stereocenters. The quantitative estimate of drug-likeness (QED) is 0.747. The third kappa shape index (κ3) is 1.49. The summed E-state index contributed by atoms with van der Waals surface area (Å²) in [6, 6.07) is 3.70. The van der Waals surface area contributed by atoms with Crippen molar-refractivity contribution < 1.29 is 0 Å². The number of aromatic amines is 1. The first-order chi connectivity index (χ1) is 8.63. The zero-order valence-corrected chi connectivity index (χ0v) is 11.9. The minimum Gasteiger partial charge on any atom is -0.283 e. The van der Waals surface area contributed by atoms with Crippen LogP contribution >= 0.6 is 27.5 Å². The Hall–Kier alpha value is -1.40. The van der Waals surface area contributed by atoms with E-state index in [1.54, 1.807) is 12.3 Å². The SMILES string of the molecule is CCc1c2s[nH]c(=O)c2c(=O)n2ccc(Br)cc12. The molecule has 0 saturated heterocycles. The molecule has 0 radical (unpaired) electrons. The van der Waals surface area contributed by atoms with E-state index < -0.39 is 0 Å². The zero-order chi connectivity index (χ0) is 12.9. The van der Waals surface area contributed by atoms with Crippen molar-refractivity contribution in [3.8, 4) is 0 Å². The Morgan fingerprint density at radius 3 is 2.94 bits per heavy atom. The van der Waals surface area contributed by atoms with Gasteiger partial charge in [-0.15, -0.1) is 0 Å². The number of halogens is 1. The fourth-order valence-electron chi connectivity index (χ4n) is 2.17. The lowest BCUT2D eigenvalue weighted by Crippen LogP contribution is -2.19. The highest BCUT2D eigenvalue weighted by atomic mass is 79.9. The summed E-state index contributed by atoms with van der Waals surface area (Å²) in [4.78, 5) is 24.0. The van der Waals surface area contributed by atoms with Crippen molar-refractivity contribution in [3.05, 3.63) is 49.1 Å². The van der Waals surface area contributed by atoms with Crippen LogP contribution in [0.4, 0.5) is 0 Å². The maximum atomic E-state index is 12.3. The standard InChI is InChI=1S/C12H9BrN2O2S/c1-2-7-8-5-6(13)3-4-15(8)12(17)9-10(7)18-14-11(9)16/h3-5H,2H2,1H3,(H,14,16). The summed E-state index contributed by atoms with van der Waals surface area (Å²) in [7, 11) is 0. The van der Waals surface area contributed by atoms with E-state index in [9.17, 15) is 9.59 Å². The van der Waals surface area contributed by atoms with Crippen LogP contribution in [0.2, 0.25) is 0 Å². The number of fused-ring (bicyclic) bond motifs is 2. The zero-order valence-electron chi connectivity index (χ0n) is 9.49. The van der Waals surface area contributed by atoms with Gasteiger partial charge in [0.15, 0.2) is 0 Å². The molecule has 0 aliphatic heterocycles.